The number of hydrogen-bond donors (Lipinski definition) is 1. The number of nitrogens with two attached hydrogens (primary N) is 1. The largest absolute Gasteiger partial charge is 0.424 e. The summed E-state index contributed by atoms with van der Waals surface area (Å²) in [6, 6.07) is 6.19. The lowest BCUT2D eigenvalue weighted by Gasteiger charge is -2.00. The molecule has 1 heterocycles. The SMILES string of the molecule is Cc1ccc(-c2cnc(N)o2)c(Br)c1. The maximum Gasteiger partial charge on any atom is 0.292 e. The third-order valence-corrected chi connectivity index (χ3v) is 2.57. The minimum atomic E-state index is 0.187. The summed E-state index contributed by atoms with van der Waals surface area (Å²) in [5.74, 6) is 0.675. The molecule has 0 aliphatic heterocycles. The van der Waals surface area contributed by atoms with Crippen molar-refractivity contribution < 1.29 is 4.42 Å². The van der Waals surface area contributed by atoms with Gasteiger partial charge in [-0.2, -0.15) is 0 Å². The molecule has 1 aromatic heterocycles. The van der Waals surface area contributed by atoms with Gasteiger partial charge in [-0.25, -0.2) is 4.98 Å². The average Bonchev–Trinajstić information content (AvgIpc) is 2.51. The van der Waals surface area contributed by atoms with Crippen molar-refractivity contribution in [2.75, 3.05) is 5.73 Å². The number of anilines is 1. The number of hydrogen-bond acceptors (Lipinski definition) is 3. The Labute approximate surface area is 90.1 Å². The van der Waals surface area contributed by atoms with Crippen LogP contribution < -0.4 is 5.73 Å². The van der Waals surface area contributed by atoms with Gasteiger partial charge >= 0.3 is 0 Å². The Hall–Kier alpha value is -1.29. The smallest absolute Gasteiger partial charge is 0.292 e. The van der Waals surface area contributed by atoms with Crippen LogP contribution in [0.15, 0.2) is 33.3 Å². The van der Waals surface area contributed by atoms with Gasteiger partial charge in [-0.05, 0) is 24.6 Å². The summed E-state index contributed by atoms with van der Waals surface area (Å²) in [5, 5.41) is 0. The molecule has 0 spiro atoms. The second kappa shape index (κ2) is 3.46. The second-order valence-electron chi connectivity index (χ2n) is 3.05. The van der Waals surface area contributed by atoms with Crippen LogP contribution in [0.2, 0.25) is 0 Å². The molecule has 2 N–H and O–H groups in total. The van der Waals surface area contributed by atoms with Gasteiger partial charge in [0.15, 0.2) is 5.76 Å². The number of rotatable bonds is 1. The minimum Gasteiger partial charge on any atom is -0.424 e. The number of aromatic nitrogens is 1. The molecule has 0 bridgehead atoms. The highest BCUT2D eigenvalue weighted by atomic mass is 79.9. The molecule has 0 atom stereocenters. The zero-order valence-electron chi connectivity index (χ0n) is 7.62. The number of benzene rings is 1. The van der Waals surface area contributed by atoms with Crippen LogP contribution in [0, 0.1) is 6.92 Å². The molecule has 1 aromatic carbocycles. The first kappa shape index (κ1) is 9.27. The normalized spacial score (nSPS) is 10.4. The molecule has 0 aliphatic carbocycles. The first-order valence-corrected chi connectivity index (χ1v) is 4.94. The zero-order chi connectivity index (χ0) is 10.1. The van der Waals surface area contributed by atoms with Gasteiger partial charge in [-0.15, -0.1) is 0 Å². The van der Waals surface area contributed by atoms with Gasteiger partial charge in [0.05, 0.1) is 6.20 Å². The summed E-state index contributed by atoms with van der Waals surface area (Å²) in [7, 11) is 0. The number of nitrogen functional groups attached to an aromatic ring is 1. The number of halogens is 1. The van der Waals surface area contributed by atoms with E-state index in [1.807, 2.05) is 25.1 Å². The summed E-state index contributed by atoms with van der Waals surface area (Å²) in [6.07, 6.45) is 1.62. The minimum absolute atomic E-state index is 0.187. The zero-order valence-corrected chi connectivity index (χ0v) is 9.21. The van der Waals surface area contributed by atoms with Crippen LogP contribution in [0.25, 0.3) is 11.3 Å². The third-order valence-electron chi connectivity index (χ3n) is 1.91. The van der Waals surface area contributed by atoms with Gasteiger partial charge in [0.1, 0.15) is 0 Å². The lowest BCUT2D eigenvalue weighted by Crippen LogP contribution is -1.80. The second-order valence-corrected chi connectivity index (χ2v) is 3.90. The quantitative estimate of drug-likeness (QED) is 0.849. The number of aryl methyl sites for hydroxylation is 1. The topological polar surface area (TPSA) is 52.0 Å². The van der Waals surface area contributed by atoms with Gasteiger partial charge in [0.25, 0.3) is 6.01 Å². The third kappa shape index (κ3) is 1.65. The lowest BCUT2D eigenvalue weighted by molar-refractivity contribution is 0.594. The highest BCUT2D eigenvalue weighted by Crippen LogP contribution is 2.29. The molecule has 0 saturated carbocycles. The molecule has 2 aromatic rings. The van der Waals surface area contributed by atoms with Gasteiger partial charge in [-0.3, -0.25) is 0 Å². The molecule has 0 aliphatic rings. The van der Waals surface area contributed by atoms with E-state index in [1.165, 1.54) is 5.56 Å². The summed E-state index contributed by atoms with van der Waals surface area (Å²) >= 11 is 3.46. The standard InChI is InChI=1S/C10H9BrN2O/c1-6-2-3-7(8(11)4-6)9-5-13-10(12)14-9/h2-5H,1H3,(H2,12,13). The van der Waals surface area contributed by atoms with Crippen LogP contribution in [0.5, 0.6) is 0 Å². The van der Waals surface area contributed by atoms with Gasteiger partial charge in [0.2, 0.25) is 0 Å². The molecule has 0 saturated heterocycles. The summed E-state index contributed by atoms with van der Waals surface area (Å²) < 4.78 is 6.21. The van der Waals surface area contributed by atoms with E-state index in [9.17, 15) is 0 Å². The van der Waals surface area contributed by atoms with E-state index >= 15 is 0 Å². The fourth-order valence-corrected chi connectivity index (χ4v) is 1.92. The fraction of sp³-hybridized carbons (Fsp3) is 0.100. The van der Waals surface area contributed by atoms with Crippen LogP contribution in [-0.2, 0) is 0 Å². The van der Waals surface area contributed by atoms with E-state index in [-0.39, 0.29) is 6.01 Å². The lowest BCUT2D eigenvalue weighted by atomic mass is 10.1. The van der Waals surface area contributed by atoms with Crippen molar-refractivity contribution in [3.63, 3.8) is 0 Å². The Bertz CT molecular complexity index is 465. The van der Waals surface area contributed by atoms with E-state index in [4.69, 9.17) is 10.2 Å². The molecule has 0 fully saturated rings. The Morgan fingerprint density at radius 3 is 2.79 bits per heavy atom. The molecule has 0 unspecified atom stereocenters. The number of nitrogens with zero attached hydrogens (tertiary/aromatic N) is 1. The van der Waals surface area contributed by atoms with Crippen molar-refractivity contribution in [1.82, 2.24) is 4.98 Å². The van der Waals surface area contributed by atoms with E-state index in [0.717, 1.165) is 10.0 Å². The van der Waals surface area contributed by atoms with Crippen molar-refractivity contribution in [1.29, 1.82) is 0 Å². The molecule has 4 heteroatoms. The predicted molar refractivity (Wildman–Crippen MR) is 58.8 cm³/mol. The first-order valence-electron chi connectivity index (χ1n) is 4.14. The molecule has 2 rings (SSSR count). The van der Waals surface area contributed by atoms with Gasteiger partial charge < -0.3 is 10.2 Å². The van der Waals surface area contributed by atoms with Crippen molar-refractivity contribution in [2.45, 2.75) is 6.92 Å². The number of oxazole rings is 1. The van der Waals surface area contributed by atoms with Crippen LogP contribution in [-0.4, -0.2) is 4.98 Å². The Morgan fingerprint density at radius 1 is 1.43 bits per heavy atom. The van der Waals surface area contributed by atoms with Crippen LogP contribution in [0.4, 0.5) is 6.01 Å². The Balaban J connectivity index is 2.52. The van der Waals surface area contributed by atoms with Crippen LogP contribution in [0.3, 0.4) is 0 Å². The average molecular weight is 253 g/mol. The van der Waals surface area contributed by atoms with Crippen molar-refractivity contribution in [2.24, 2.45) is 0 Å². The maximum absolute atomic E-state index is 5.40. The summed E-state index contributed by atoms with van der Waals surface area (Å²) in [5.41, 5.74) is 7.55. The molecule has 14 heavy (non-hydrogen) atoms. The Kier molecular flexibility index (Phi) is 2.29. The van der Waals surface area contributed by atoms with Crippen LogP contribution >= 0.6 is 15.9 Å². The van der Waals surface area contributed by atoms with Crippen molar-refractivity contribution >= 4 is 21.9 Å². The first-order chi connectivity index (χ1) is 6.66. The molecular formula is C10H9BrN2O. The molecular weight excluding hydrogens is 244 g/mol. The maximum atomic E-state index is 5.40. The van der Waals surface area contributed by atoms with E-state index in [1.54, 1.807) is 6.20 Å². The molecule has 0 radical (unpaired) electrons. The predicted octanol–water partition coefficient (Wildman–Crippen LogP) is 2.99. The highest BCUT2D eigenvalue weighted by Gasteiger charge is 2.07. The Morgan fingerprint density at radius 2 is 2.21 bits per heavy atom. The molecule has 3 nitrogen and oxygen atoms in total. The van der Waals surface area contributed by atoms with E-state index in [2.05, 4.69) is 20.9 Å². The molecule has 0 amide bonds. The monoisotopic (exact) mass is 252 g/mol. The summed E-state index contributed by atoms with van der Waals surface area (Å²) in [6.45, 7) is 2.03. The highest BCUT2D eigenvalue weighted by molar-refractivity contribution is 9.10. The van der Waals surface area contributed by atoms with Crippen molar-refractivity contribution in [3.05, 3.63) is 34.4 Å². The summed E-state index contributed by atoms with van der Waals surface area (Å²) in [4.78, 5) is 3.85. The van der Waals surface area contributed by atoms with Gasteiger partial charge in [0, 0.05) is 10.0 Å². The fourth-order valence-electron chi connectivity index (χ4n) is 1.23. The van der Waals surface area contributed by atoms with Crippen LogP contribution in [0.1, 0.15) is 5.56 Å². The van der Waals surface area contributed by atoms with E-state index in [0.29, 0.717) is 5.76 Å². The van der Waals surface area contributed by atoms with Crippen molar-refractivity contribution in [3.8, 4) is 11.3 Å². The molecule has 72 valence electrons. The van der Waals surface area contributed by atoms with E-state index < -0.39 is 0 Å². The van der Waals surface area contributed by atoms with Gasteiger partial charge in [-0.1, -0.05) is 22.0 Å².